The molecule has 0 aliphatic carbocycles. The Kier molecular flexibility index (Phi) is 5.51. The number of hydrogen-bond donors (Lipinski definition) is 0. The van der Waals surface area contributed by atoms with Gasteiger partial charge in [0.1, 0.15) is 0 Å². The molecule has 0 atom stereocenters. The first-order valence-electron chi connectivity index (χ1n) is 8.21. The molecule has 5 heteroatoms. The van der Waals surface area contributed by atoms with Crippen LogP contribution in [-0.2, 0) is 4.79 Å². The molecule has 3 rings (SSSR count). The average molecular weight is 355 g/mol. The van der Waals surface area contributed by atoms with Crippen LogP contribution in [0.3, 0.4) is 0 Å². The summed E-state index contributed by atoms with van der Waals surface area (Å²) in [7, 11) is 0. The molecular formula is C20H19ClN2O2. The molecule has 0 bridgehead atoms. The quantitative estimate of drug-likeness (QED) is 0.793. The zero-order valence-electron chi connectivity index (χ0n) is 13.8. The van der Waals surface area contributed by atoms with Crippen molar-refractivity contribution in [1.82, 2.24) is 9.80 Å². The van der Waals surface area contributed by atoms with Crippen LogP contribution in [0, 0.1) is 0 Å². The molecule has 2 aromatic rings. The van der Waals surface area contributed by atoms with E-state index in [0.717, 1.165) is 5.56 Å². The smallest absolute Gasteiger partial charge is 0.255 e. The second kappa shape index (κ2) is 7.99. The SMILES string of the molecule is O=C(/C=C/c1ccccc1)N1CCN(C(=O)c2ccccc2Cl)CC1. The first-order chi connectivity index (χ1) is 12.1. The van der Waals surface area contributed by atoms with Crippen LogP contribution in [-0.4, -0.2) is 47.8 Å². The lowest BCUT2D eigenvalue weighted by atomic mass is 10.1. The minimum Gasteiger partial charge on any atom is -0.336 e. The summed E-state index contributed by atoms with van der Waals surface area (Å²) in [6.07, 6.45) is 3.39. The Morgan fingerprint density at radius 2 is 1.44 bits per heavy atom. The van der Waals surface area contributed by atoms with Crippen LogP contribution < -0.4 is 0 Å². The largest absolute Gasteiger partial charge is 0.336 e. The number of hydrogen-bond acceptors (Lipinski definition) is 2. The Balaban J connectivity index is 1.56. The summed E-state index contributed by atoms with van der Waals surface area (Å²) in [5.74, 6) is -0.119. The van der Waals surface area contributed by atoms with Gasteiger partial charge >= 0.3 is 0 Å². The van der Waals surface area contributed by atoms with Crippen molar-refractivity contribution in [3.05, 3.63) is 76.8 Å². The van der Waals surface area contributed by atoms with E-state index in [1.54, 1.807) is 40.1 Å². The van der Waals surface area contributed by atoms with Gasteiger partial charge in [0.05, 0.1) is 10.6 Å². The van der Waals surface area contributed by atoms with E-state index < -0.39 is 0 Å². The van der Waals surface area contributed by atoms with Crippen molar-refractivity contribution in [3.8, 4) is 0 Å². The van der Waals surface area contributed by atoms with Gasteiger partial charge in [-0.3, -0.25) is 9.59 Å². The summed E-state index contributed by atoms with van der Waals surface area (Å²) >= 11 is 6.10. The topological polar surface area (TPSA) is 40.6 Å². The molecule has 25 heavy (non-hydrogen) atoms. The minimum atomic E-state index is -0.0856. The van der Waals surface area contributed by atoms with Crippen LogP contribution in [0.4, 0.5) is 0 Å². The molecule has 0 aromatic heterocycles. The number of carbonyl (C=O) groups is 2. The van der Waals surface area contributed by atoms with Gasteiger partial charge in [0.25, 0.3) is 5.91 Å². The summed E-state index contributed by atoms with van der Waals surface area (Å²) in [5.41, 5.74) is 1.50. The van der Waals surface area contributed by atoms with Gasteiger partial charge in [-0.2, -0.15) is 0 Å². The molecule has 0 radical (unpaired) electrons. The molecule has 0 spiro atoms. The monoisotopic (exact) mass is 354 g/mol. The van der Waals surface area contributed by atoms with Gasteiger partial charge in [0.2, 0.25) is 5.91 Å². The number of rotatable bonds is 3. The van der Waals surface area contributed by atoms with Gasteiger partial charge in [0.15, 0.2) is 0 Å². The van der Waals surface area contributed by atoms with Gasteiger partial charge in [-0.05, 0) is 23.8 Å². The summed E-state index contributed by atoms with van der Waals surface area (Å²) < 4.78 is 0. The van der Waals surface area contributed by atoms with Crippen LogP contribution in [0.2, 0.25) is 5.02 Å². The van der Waals surface area contributed by atoms with Crippen LogP contribution in [0.15, 0.2) is 60.7 Å². The lowest BCUT2D eigenvalue weighted by molar-refractivity contribution is -0.127. The van der Waals surface area contributed by atoms with Crippen LogP contribution in [0.5, 0.6) is 0 Å². The highest BCUT2D eigenvalue weighted by atomic mass is 35.5. The third-order valence-electron chi connectivity index (χ3n) is 4.20. The fourth-order valence-electron chi connectivity index (χ4n) is 2.77. The maximum atomic E-state index is 12.5. The molecule has 1 aliphatic rings. The third-order valence-corrected chi connectivity index (χ3v) is 4.53. The van der Waals surface area contributed by atoms with Crippen molar-refractivity contribution in [3.63, 3.8) is 0 Å². The molecule has 1 heterocycles. The van der Waals surface area contributed by atoms with Gasteiger partial charge in [-0.1, -0.05) is 54.1 Å². The van der Waals surface area contributed by atoms with Crippen LogP contribution in [0.1, 0.15) is 15.9 Å². The zero-order valence-corrected chi connectivity index (χ0v) is 14.5. The van der Waals surface area contributed by atoms with Gasteiger partial charge in [0, 0.05) is 32.3 Å². The number of benzene rings is 2. The third kappa shape index (κ3) is 4.28. The Morgan fingerprint density at radius 1 is 0.840 bits per heavy atom. The second-order valence-electron chi connectivity index (χ2n) is 5.84. The molecule has 2 aromatic carbocycles. The molecule has 0 unspecified atom stereocenters. The van der Waals surface area contributed by atoms with E-state index in [-0.39, 0.29) is 11.8 Å². The standard InChI is InChI=1S/C20H19ClN2O2/c21-18-9-5-4-8-17(18)20(25)23-14-12-22(13-15-23)19(24)11-10-16-6-2-1-3-7-16/h1-11H,12-15H2/b11-10+. The number of halogens is 1. The van der Waals surface area contributed by atoms with E-state index in [9.17, 15) is 9.59 Å². The van der Waals surface area contributed by atoms with Gasteiger partial charge in [-0.25, -0.2) is 0 Å². The summed E-state index contributed by atoms with van der Waals surface area (Å²) in [6.45, 7) is 2.06. The number of carbonyl (C=O) groups excluding carboxylic acids is 2. The fraction of sp³-hybridized carbons (Fsp3) is 0.200. The van der Waals surface area contributed by atoms with Crippen molar-refractivity contribution in [2.45, 2.75) is 0 Å². The van der Waals surface area contributed by atoms with E-state index in [2.05, 4.69) is 0 Å². The first kappa shape index (κ1) is 17.2. The highest BCUT2D eigenvalue weighted by molar-refractivity contribution is 6.33. The van der Waals surface area contributed by atoms with Crippen molar-refractivity contribution in [2.24, 2.45) is 0 Å². The van der Waals surface area contributed by atoms with Crippen LogP contribution >= 0.6 is 11.6 Å². The summed E-state index contributed by atoms with van der Waals surface area (Å²) in [4.78, 5) is 28.3. The molecule has 2 amide bonds. The van der Waals surface area contributed by atoms with E-state index in [1.165, 1.54) is 0 Å². The molecule has 1 saturated heterocycles. The lowest BCUT2D eigenvalue weighted by Crippen LogP contribution is -2.50. The molecule has 128 valence electrons. The van der Waals surface area contributed by atoms with Crippen molar-refractivity contribution in [2.75, 3.05) is 26.2 Å². The number of nitrogens with zero attached hydrogens (tertiary/aromatic N) is 2. The summed E-state index contributed by atoms with van der Waals surface area (Å²) in [6, 6.07) is 16.7. The second-order valence-corrected chi connectivity index (χ2v) is 6.25. The average Bonchev–Trinajstić information content (AvgIpc) is 2.67. The zero-order chi connectivity index (χ0) is 17.6. The van der Waals surface area contributed by atoms with E-state index >= 15 is 0 Å². The molecule has 4 nitrogen and oxygen atoms in total. The molecule has 1 aliphatic heterocycles. The first-order valence-corrected chi connectivity index (χ1v) is 8.59. The Morgan fingerprint density at radius 3 is 2.12 bits per heavy atom. The predicted molar refractivity (Wildman–Crippen MR) is 99.4 cm³/mol. The lowest BCUT2D eigenvalue weighted by Gasteiger charge is -2.34. The Hall–Kier alpha value is -2.59. The summed E-state index contributed by atoms with van der Waals surface area (Å²) in [5, 5.41) is 0.455. The molecule has 0 N–H and O–H groups in total. The van der Waals surface area contributed by atoms with Gasteiger partial charge < -0.3 is 9.80 Å². The van der Waals surface area contributed by atoms with Crippen molar-refractivity contribution in [1.29, 1.82) is 0 Å². The van der Waals surface area contributed by atoms with Crippen molar-refractivity contribution < 1.29 is 9.59 Å². The molecular weight excluding hydrogens is 336 g/mol. The Labute approximate surface area is 152 Å². The van der Waals surface area contributed by atoms with Crippen molar-refractivity contribution >= 4 is 29.5 Å². The Bertz CT molecular complexity index is 781. The molecule has 0 saturated carbocycles. The number of piperazine rings is 1. The van der Waals surface area contributed by atoms with E-state index in [4.69, 9.17) is 11.6 Å². The van der Waals surface area contributed by atoms with Crippen LogP contribution in [0.25, 0.3) is 6.08 Å². The van der Waals surface area contributed by atoms with E-state index in [0.29, 0.717) is 36.8 Å². The van der Waals surface area contributed by atoms with E-state index in [1.807, 2.05) is 36.4 Å². The maximum Gasteiger partial charge on any atom is 0.255 e. The molecule has 1 fully saturated rings. The minimum absolute atomic E-state index is 0.0336. The highest BCUT2D eigenvalue weighted by Crippen LogP contribution is 2.18. The highest BCUT2D eigenvalue weighted by Gasteiger charge is 2.24. The normalized spacial score (nSPS) is 14.8. The predicted octanol–water partition coefficient (Wildman–Crippen LogP) is 3.34. The van der Waals surface area contributed by atoms with Gasteiger partial charge in [-0.15, -0.1) is 0 Å². The number of amides is 2. The fourth-order valence-corrected chi connectivity index (χ4v) is 2.99. The maximum absolute atomic E-state index is 12.5.